The zero-order chi connectivity index (χ0) is 37.7. The smallest absolute Gasteiger partial charge is 0.462 e. The molecule has 0 aromatic heterocycles. The number of esters is 2. The lowest BCUT2D eigenvalue weighted by Crippen LogP contribution is -2.29. The Balaban J connectivity index is 4.18. The summed E-state index contributed by atoms with van der Waals surface area (Å²) < 4.78 is 26.2. The number of aliphatic hydroxyl groups excluding tert-OH is 1. The first-order valence-corrected chi connectivity index (χ1v) is 20.9. The third kappa shape index (κ3) is 38.5. The minimum atomic E-state index is -4.79. The fourth-order valence-corrected chi connectivity index (χ4v) is 5.21. The summed E-state index contributed by atoms with van der Waals surface area (Å²) in [4.78, 5) is 42.7. The van der Waals surface area contributed by atoms with Crippen LogP contribution in [0.15, 0.2) is 72.9 Å². The van der Waals surface area contributed by atoms with E-state index in [9.17, 15) is 19.3 Å². The summed E-state index contributed by atoms with van der Waals surface area (Å²) in [7, 11) is -4.79. The van der Waals surface area contributed by atoms with E-state index in [1.54, 1.807) is 6.08 Å². The van der Waals surface area contributed by atoms with Gasteiger partial charge >= 0.3 is 19.8 Å². The number of phosphoric acid groups is 1. The van der Waals surface area contributed by atoms with Crippen molar-refractivity contribution in [1.82, 2.24) is 0 Å². The monoisotopic (exact) mass is 736 g/mol. The van der Waals surface area contributed by atoms with Crippen LogP contribution in [-0.4, -0.2) is 52.3 Å². The topological polar surface area (TPSA) is 140 Å². The number of hydrogen-bond donors (Lipinski definition) is 3. The molecular formula is C41H69O9P. The molecule has 0 aliphatic carbocycles. The van der Waals surface area contributed by atoms with Crippen molar-refractivity contribution < 1.29 is 43.0 Å². The van der Waals surface area contributed by atoms with Crippen LogP contribution in [0.4, 0.5) is 0 Å². The molecule has 0 unspecified atom stereocenters. The maximum absolute atomic E-state index is 12.4. The van der Waals surface area contributed by atoms with Gasteiger partial charge in [-0.05, 0) is 70.6 Å². The molecule has 0 aliphatic heterocycles. The van der Waals surface area contributed by atoms with Crippen molar-refractivity contribution in [2.45, 2.75) is 161 Å². The SMILES string of the molecule is CCCCC/C=C\C=C/[C@H](O)C/C=C\C/C=C/CCCC(=O)O[C@H](COC(=O)CCCCCCC/C=C\C=C/CCCCCC)COP(=O)(O)O. The van der Waals surface area contributed by atoms with Crippen LogP contribution in [0.5, 0.6) is 0 Å². The van der Waals surface area contributed by atoms with Gasteiger partial charge in [0, 0.05) is 12.8 Å². The molecule has 0 amide bonds. The van der Waals surface area contributed by atoms with E-state index in [0.29, 0.717) is 32.1 Å². The minimum absolute atomic E-state index is 0.0950. The normalized spacial score (nSPS) is 13.9. The second-order valence-corrected chi connectivity index (χ2v) is 14.0. The lowest BCUT2D eigenvalue weighted by Gasteiger charge is -2.18. The van der Waals surface area contributed by atoms with Crippen LogP contribution in [0.25, 0.3) is 0 Å². The largest absolute Gasteiger partial charge is 0.469 e. The summed E-state index contributed by atoms with van der Waals surface area (Å²) in [5, 5.41) is 10.0. The summed E-state index contributed by atoms with van der Waals surface area (Å²) in [6, 6.07) is 0. The highest BCUT2D eigenvalue weighted by atomic mass is 31.2. The van der Waals surface area contributed by atoms with E-state index < -0.39 is 38.6 Å². The number of ether oxygens (including phenoxy) is 2. The van der Waals surface area contributed by atoms with E-state index in [4.69, 9.17) is 19.3 Å². The minimum Gasteiger partial charge on any atom is -0.462 e. The van der Waals surface area contributed by atoms with Crippen LogP contribution in [-0.2, 0) is 28.2 Å². The van der Waals surface area contributed by atoms with Crippen molar-refractivity contribution in [3.8, 4) is 0 Å². The molecule has 292 valence electrons. The molecule has 0 aromatic carbocycles. The zero-order valence-corrected chi connectivity index (χ0v) is 32.5. The van der Waals surface area contributed by atoms with Crippen LogP contribution in [0.2, 0.25) is 0 Å². The van der Waals surface area contributed by atoms with Gasteiger partial charge < -0.3 is 24.4 Å². The van der Waals surface area contributed by atoms with Crippen molar-refractivity contribution in [2.75, 3.05) is 13.2 Å². The highest BCUT2D eigenvalue weighted by molar-refractivity contribution is 7.46. The average Bonchev–Trinajstić information content (AvgIpc) is 3.09. The van der Waals surface area contributed by atoms with Gasteiger partial charge in [-0.3, -0.25) is 14.1 Å². The number of carbonyl (C=O) groups excluding carboxylic acids is 2. The molecule has 9 nitrogen and oxygen atoms in total. The molecule has 2 atom stereocenters. The fraction of sp³-hybridized carbons (Fsp3) is 0.659. The number of rotatable bonds is 34. The molecule has 0 heterocycles. The van der Waals surface area contributed by atoms with Crippen molar-refractivity contribution in [3.63, 3.8) is 0 Å². The molecule has 0 radical (unpaired) electrons. The van der Waals surface area contributed by atoms with E-state index in [1.165, 1.54) is 44.9 Å². The highest BCUT2D eigenvalue weighted by Crippen LogP contribution is 2.36. The summed E-state index contributed by atoms with van der Waals surface area (Å²) >= 11 is 0. The van der Waals surface area contributed by atoms with Gasteiger partial charge in [0.1, 0.15) is 6.61 Å². The quantitative estimate of drug-likeness (QED) is 0.0194. The molecule has 0 fully saturated rings. The second kappa shape index (κ2) is 35.8. The van der Waals surface area contributed by atoms with Crippen molar-refractivity contribution in [1.29, 1.82) is 0 Å². The molecule has 0 saturated carbocycles. The highest BCUT2D eigenvalue weighted by Gasteiger charge is 2.22. The number of unbranched alkanes of at least 4 members (excludes halogenated alkanes) is 13. The maximum Gasteiger partial charge on any atom is 0.469 e. The summed E-state index contributed by atoms with van der Waals surface area (Å²) in [6.07, 6.45) is 42.2. The van der Waals surface area contributed by atoms with Gasteiger partial charge in [0.15, 0.2) is 6.10 Å². The number of carbonyl (C=O) groups is 2. The Hall–Kier alpha value is -2.55. The van der Waals surface area contributed by atoms with E-state index in [-0.39, 0.29) is 19.4 Å². The Labute approximate surface area is 309 Å². The van der Waals surface area contributed by atoms with Gasteiger partial charge in [0.2, 0.25) is 0 Å². The first-order valence-electron chi connectivity index (χ1n) is 19.4. The fourth-order valence-electron chi connectivity index (χ4n) is 4.85. The Morgan fingerprint density at radius 1 is 0.608 bits per heavy atom. The lowest BCUT2D eigenvalue weighted by atomic mass is 10.1. The standard InChI is InChI=1S/C41H69O9P/c1-3-5-7-9-11-12-13-14-15-16-17-18-22-26-30-34-40(43)48-36-39(37-49-51(45,46)47)50-41(44)35-31-27-23-19-21-25-29-33-38(42)32-28-24-20-10-8-6-4-2/h12-15,19-20,23-25,28-29,32,38-39,42H,3-11,16-18,21-22,26-27,30-31,33-37H2,1-2H3,(H2,45,46,47)/b13-12-,15-14-,23-19+,24-20-,29-25-,32-28-/t38-,39+/m0/s1. The predicted octanol–water partition coefficient (Wildman–Crippen LogP) is 10.5. The molecular weight excluding hydrogens is 667 g/mol. The zero-order valence-electron chi connectivity index (χ0n) is 31.6. The van der Waals surface area contributed by atoms with Gasteiger partial charge in [-0.2, -0.15) is 0 Å². The summed E-state index contributed by atoms with van der Waals surface area (Å²) in [6.45, 7) is 3.48. The van der Waals surface area contributed by atoms with Crippen molar-refractivity contribution in [2.24, 2.45) is 0 Å². The average molecular weight is 737 g/mol. The number of aliphatic hydroxyl groups is 1. The molecule has 0 saturated heterocycles. The predicted molar refractivity (Wildman–Crippen MR) is 208 cm³/mol. The van der Waals surface area contributed by atoms with E-state index in [0.717, 1.165) is 44.9 Å². The van der Waals surface area contributed by atoms with E-state index >= 15 is 0 Å². The van der Waals surface area contributed by atoms with Crippen LogP contribution in [0, 0.1) is 0 Å². The second-order valence-electron chi connectivity index (χ2n) is 12.8. The molecule has 0 rings (SSSR count). The molecule has 0 aromatic rings. The molecule has 0 bridgehead atoms. The van der Waals surface area contributed by atoms with Gasteiger partial charge in [-0.25, -0.2) is 4.57 Å². The number of phosphoric ester groups is 1. The molecule has 3 N–H and O–H groups in total. The first kappa shape index (κ1) is 48.5. The summed E-state index contributed by atoms with van der Waals surface area (Å²) in [5.74, 6) is -1.02. The van der Waals surface area contributed by atoms with Crippen LogP contribution in [0.1, 0.15) is 149 Å². The van der Waals surface area contributed by atoms with Gasteiger partial charge in [0.05, 0.1) is 12.7 Å². The van der Waals surface area contributed by atoms with E-state index in [1.807, 2.05) is 36.5 Å². The molecule has 10 heteroatoms. The molecule has 51 heavy (non-hydrogen) atoms. The molecule has 0 aliphatic rings. The number of hydrogen-bond acceptors (Lipinski definition) is 7. The van der Waals surface area contributed by atoms with Gasteiger partial charge in [-0.1, -0.05) is 138 Å². The third-order valence-electron chi connectivity index (χ3n) is 7.81. The maximum atomic E-state index is 12.4. The van der Waals surface area contributed by atoms with Crippen molar-refractivity contribution in [3.05, 3.63) is 72.9 Å². The van der Waals surface area contributed by atoms with Crippen LogP contribution in [0.3, 0.4) is 0 Å². The van der Waals surface area contributed by atoms with Gasteiger partial charge in [-0.15, -0.1) is 0 Å². The molecule has 0 spiro atoms. The Bertz CT molecular complexity index is 1070. The summed E-state index contributed by atoms with van der Waals surface area (Å²) in [5.41, 5.74) is 0. The first-order chi connectivity index (χ1) is 24.7. The number of allylic oxidation sites excluding steroid dienone is 10. The lowest BCUT2D eigenvalue weighted by molar-refractivity contribution is -0.161. The van der Waals surface area contributed by atoms with Crippen LogP contribution < -0.4 is 0 Å². The van der Waals surface area contributed by atoms with Crippen LogP contribution >= 0.6 is 7.82 Å². The van der Waals surface area contributed by atoms with E-state index in [2.05, 4.69) is 48.8 Å². The Morgan fingerprint density at radius 3 is 1.80 bits per heavy atom. The van der Waals surface area contributed by atoms with Crippen molar-refractivity contribution >= 4 is 19.8 Å². The Morgan fingerprint density at radius 2 is 1.14 bits per heavy atom. The Kier molecular flexibility index (Phi) is 34.0. The third-order valence-corrected chi connectivity index (χ3v) is 8.29. The van der Waals surface area contributed by atoms with Gasteiger partial charge in [0.25, 0.3) is 0 Å².